The molecule has 2 N–H and O–H groups in total. The van der Waals surface area contributed by atoms with Gasteiger partial charge >= 0.3 is 0 Å². The van der Waals surface area contributed by atoms with Crippen molar-refractivity contribution in [3.05, 3.63) is 45.4 Å². The fourth-order valence-electron chi connectivity index (χ4n) is 2.20. The van der Waals surface area contributed by atoms with Crippen molar-refractivity contribution >= 4 is 27.3 Å². The summed E-state index contributed by atoms with van der Waals surface area (Å²) in [6.45, 7) is 4.31. The highest BCUT2D eigenvalue weighted by Gasteiger charge is 2.14. The second-order valence-corrected chi connectivity index (χ2v) is 8.36. The van der Waals surface area contributed by atoms with Crippen LogP contribution in [0.3, 0.4) is 0 Å². The molecule has 2 rings (SSSR count). The van der Waals surface area contributed by atoms with Gasteiger partial charge in [0.2, 0.25) is 10.0 Å². The molecule has 1 heterocycles. The number of terminal acetylenes is 1. The summed E-state index contributed by atoms with van der Waals surface area (Å²) in [5, 5.41) is 3.83. The van der Waals surface area contributed by atoms with Crippen LogP contribution >= 0.6 is 11.3 Å². The molecule has 1 aromatic heterocycles. The fraction of sp³-hybridized carbons (Fsp3) is 0.294. The van der Waals surface area contributed by atoms with E-state index in [0.29, 0.717) is 18.5 Å². The van der Waals surface area contributed by atoms with Crippen molar-refractivity contribution in [1.29, 1.82) is 0 Å². The van der Waals surface area contributed by atoms with Crippen LogP contribution in [-0.4, -0.2) is 32.4 Å². The molecule has 0 aliphatic rings. The number of amides is 1. The first-order chi connectivity index (χ1) is 11.8. The number of aryl methyl sites for hydroxylation is 2. The summed E-state index contributed by atoms with van der Waals surface area (Å²) in [4.78, 5) is 17.7. The molecule has 8 heteroatoms. The quantitative estimate of drug-likeness (QED) is 0.718. The van der Waals surface area contributed by atoms with Crippen LogP contribution in [-0.2, 0) is 16.4 Å². The molecule has 0 saturated heterocycles. The van der Waals surface area contributed by atoms with Crippen LogP contribution in [0.15, 0.2) is 29.2 Å². The van der Waals surface area contributed by atoms with E-state index in [1.54, 1.807) is 11.3 Å². The van der Waals surface area contributed by atoms with E-state index >= 15 is 0 Å². The number of thiazole rings is 1. The number of nitrogens with one attached hydrogen (secondary N) is 2. The number of rotatable bonds is 7. The largest absolute Gasteiger partial charge is 0.352 e. The molecular weight excluding hydrogens is 358 g/mol. The van der Waals surface area contributed by atoms with Gasteiger partial charge in [-0.15, -0.1) is 17.8 Å². The van der Waals surface area contributed by atoms with Crippen LogP contribution in [0.25, 0.3) is 0 Å². The molecule has 0 atom stereocenters. The third-order valence-corrected chi connectivity index (χ3v) is 5.98. The van der Waals surface area contributed by atoms with E-state index in [2.05, 4.69) is 20.9 Å². The van der Waals surface area contributed by atoms with E-state index in [-0.39, 0.29) is 17.3 Å². The van der Waals surface area contributed by atoms with Gasteiger partial charge in [0.1, 0.15) is 0 Å². The minimum absolute atomic E-state index is 0.0649. The Balaban J connectivity index is 1.94. The highest BCUT2D eigenvalue weighted by molar-refractivity contribution is 7.89. The Bertz CT molecular complexity index is 894. The first-order valence-corrected chi connectivity index (χ1v) is 9.88. The number of benzene rings is 1. The SMILES string of the molecule is C#CCNS(=O)(=O)c1ccc(C(=O)NCCc2sc(C)nc2C)cc1. The van der Waals surface area contributed by atoms with Crippen LogP contribution in [0.1, 0.15) is 25.9 Å². The van der Waals surface area contributed by atoms with Gasteiger partial charge in [-0.2, -0.15) is 4.72 Å². The third-order valence-electron chi connectivity index (χ3n) is 3.43. The Morgan fingerprint density at radius 1 is 1.28 bits per heavy atom. The van der Waals surface area contributed by atoms with Crippen LogP contribution < -0.4 is 10.0 Å². The summed E-state index contributed by atoms with van der Waals surface area (Å²) in [7, 11) is -3.65. The topological polar surface area (TPSA) is 88.2 Å². The minimum Gasteiger partial charge on any atom is -0.352 e. The zero-order valence-electron chi connectivity index (χ0n) is 14.0. The Morgan fingerprint density at radius 2 is 1.96 bits per heavy atom. The number of nitrogens with zero attached hydrogens (tertiary/aromatic N) is 1. The maximum absolute atomic E-state index is 12.1. The van der Waals surface area contributed by atoms with Crippen molar-refractivity contribution in [3.63, 3.8) is 0 Å². The molecular formula is C17H19N3O3S2. The average Bonchev–Trinajstić information content (AvgIpc) is 2.90. The van der Waals surface area contributed by atoms with Gasteiger partial charge in [-0.3, -0.25) is 4.79 Å². The lowest BCUT2D eigenvalue weighted by molar-refractivity contribution is 0.0954. The molecule has 0 aliphatic heterocycles. The number of aromatic nitrogens is 1. The van der Waals surface area contributed by atoms with E-state index < -0.39 is 10.0 Å². The molecule has 0 bridgehead atoms. The second-order valence-electron chi connectivity index (χ2n) is 5.30. The molecule has 1 amide bonds. The maximum Gasteiger partial charge on any atom is 0.251 e. The molecule has 2 aromatic rings. The number of carbonyl (C=O) groups excluding carboxylic acids is 1. The average molecular weight is 377 g/mol. The molecule has 0 spiro atoms. The third kappa shape index (κ3) is 5.13. The summed E-state index contributed by atoms with van der Waals surface area (Å²) < 4.78 is 26.1. The fourth-order valence-corrected chi connectivity index (χ4v) is 4.07. The summed E-state index contributed by atoms with van der Waals surface area (Å²) in [5.41, 5.74) is 1.39. The van der Waals surface area contributed by atoms with Crippen molar-refractivity contribution < 1.29 is 13.2 Å². The van der Waals surface area contributed by atoms with Gasteiger partial charge < -0.3 is 5.32 Å². The molecule has 0 saturated carbocycles. The van der Waals surface area contributed by atoms with Crippen molar-refractivity contribution in [3.8, 4) is 12.3 Å². The molecule has 6 nitrogen and oxygen atoms in total. The van der Waals surface area contributed by atoms with Crippen molar-refractivity contribution in [2.24, 2.45) is 0 Å². The maximum atomic E-state index is 12.1. The summed E-state index contributed by atoms with van der Waals surface area (Å²) in [6.07, 6.45) is 5.76. The first-order valence-electron chi connectivity index (χ1n) is 7.58. The Labute approximate surface area is 151 Å². The first kappa shape index (κ1) is 19.1. The van der Waals surface area contributed by atoms with E-state index in [0.717, 1.165) is 15.6 Å². The molecule has 1 aromatic carbocycles. The molecule has 0 fully saturated rings. The molecule has 0 unspecified atom stereocenters. The Hall–Kier alpha value is -2.21. The predicted molar refractivity (Wildman–Crippen MR) is 98.1 cm³/mol. The Kier molecular flexibility index (Phi) is 6.31. The normalized spacial score (nSPS) is 11.1. The Morgan fingerprint density at radius 3 is 2.52 bits per heavy atom. The van der Waals surface area contributed by atoms with Gasteiger partial charge in [0.25, 0.3) is 5.91 Å². The van der Waals surface area contributed by atoms with Crippen LogP contribution in [0.5, 0.6) is 0 Å². The lowest BCUT2D eigenvalue weighted by atomic mass is 10.2. The van der Waals surface area contributed by atoms with Crippen LogP contribution in [0.4, 0.5) is 0 Å². The molecule has 132 valence electrons. The van der Waals surface area contributed by atoms with E-state index in [1.165, 1.54) is 24.3 Å². The zero-order chi connectivity index (χ0) is 18.4. The monoisotopic (exact) mass is 377 g/mol. The van der Waals surface area contributed by atoms with E-state index in [4.69, 9.17) is 6.42 Å². The van der Waals surface area contributed by atoms with Crippen molar-refractivity contribution in [2.75, 3.05) is 13.1 Å². The van der Waals surface area contributed by atoms with Gasteiger partial charge in [-0.25, -0.2) is 13.4 Å². The number of hydrogen-bond acceptors (Lipinski definition) is 5. The van der Waals surface area contributed by atoms with Gasteiger partial charge in [0, 0.05) is 23.4 Å². The number of hydrogen-bond donors (Lipinski definition) is 2. The summed E-state index contributed by atoms with van der Waals surface area (Å²) in [6, 6.07) is 5.71. The smallest absolute Gasteiger partial charge is 0.251 e. The van der Waals surface area contributed by atoms with Crippen LogP contribution in [0, 0.1) is 26.2 Å². The highest BCUT2D eigenvalue weighted by atomic mass is 32.2. The van der Waals surface area contributed by atoms with Crippen molar-refractivity contribution in [1.82, 2.24) is 15.0 Å². The standard InChI is InChI=1S/C17H19N3O3S2/c1-4-10-19-25(22,23)15-7-5-14(6-8-15)17(21)18-11-9-16-12(2)20-13(3)24-16/h1,5-8,19H,9-11H2,2-3H3,(H,18,21). The van der Waals surface area contributed by atoms with E-state index in [1.807, 2.05) is 13.8 Å². The highest BCUT2D eigenvalue weighted by Crippen LogP contribution is 2.17. The van der Waals surface area contributed by atoms with Gasteiger partial charge in [0.15, 0.2) is 0 Å². The summed E-state index contributed by atoms with van der Waals surface area (Å²) >= 11 is 1.62. The molecule has 0 aliphatic carbocycles. The zero-order valence-corrected chi connectivity index (χ0v) is 15.6. The molecule has 0 radical (unpaired) electrons. The van der Waals surface area contributed by atoms with Gasteiger partial charge in [0.05, 0.1) is 22.1 Å². The molecule has 25 heavy (non-hydrogen) atoms. The minimum atomic E-state index is -3.65. The van der Waals surface area contributed by atoms with Crippen LogP contribution in [0.2, 0.25) is 0 Å². The van der Waals surface area contributed by atoms with Gasteiger partial charge in [-0.1, -0.05) is 5.92 Å². The number of sulfonamides is 1. The lowest BCUT2D eigenvalue weighted by Gasteiger charge is -2.07. The number of carbonyl (C=O) groups is 1. The second kappa shape index (κ2) is 8.25. The van der Waals surface area contributed by atoms with Crippen molar-refractivity contribution in [2.45, 2.75) is 25.2 Å². The van der Waals surface area contributed by atoms with E-state index in [9.17, 15) is 13.2 Å². The summed E-state index contributed by atoms with van der Waals surface area (Å²) in [5.74, 6) is 1.96. The van der Waals surface area contributed by atoms with Gasteiger partial charge in [-0.05, 0) is 38.1 Å². The predicted octanol–water partition coefficient (Wildman–Crippen LogP) is 1.64. The lowest BCUT2D eigenvalue weighted by Crippen LogP contribution is -2.26.